The second kappa shape index (κ2) is 5.61. The molecule has 1 rings (SSSR count). The van der Waals surface area contributed by atoms with Gasteiger partial charge in [-0.15, -0.1) is 0 Å². The molecule has 5 nitrogen and oxygen atoms in total. The fourth-order valence-corrected chi connectivity index (χ4v) is 1.88. The largest absolute Gasteiger partial charge is 0.381 e. The van der Waals surface area contributed by atoms with E-state index in [9.17, 15) is 4.79 Å². The van der Waals surface area contributed by atoms with Crippen molar-refractivity contribution in [3.63, 3.8) is 0 Å². The zero-order chi connectivity index (χ0) is 12.2. The van der Waals surface area contributed by atoms with E-state index in [2.05, 4.69) is 4.90 Å². The van der Waals surface area contributed by atoms with E-state index in [-0.39, 0.29) is 0 Å². The first-order valence-corrected chi connectivity index (χ1v) is 5.79. The summed E-state index contributed by atoms with van der Waals surface area (Å²) >= 11 is 0. The normalized spacial score (nSPS) is 22.9. The third kappa shape index (κ3) is 3.73. The Labute approximate surface area is 97.1 Å². The molecule has 1 heterocycles. The van der Waals surface area contributed by atoms with Gasteiger partial charge in [-0.1, -0.05) is 0 Å². The number of piperidine rings is 1. The van der Waals surface area contributed by atoms with Crippen molar-refractivity contribution in [2.45, 2.75) is 37.8 Å². The standard InChI is InChI=1S/C11H23N3O2/c1-11(13,10(12)15)5-8-14-6-3-9(16-2)4-7-14/h9H,3-8,13H2,1-2H3,(H2,12,15). The number of nitrogens with zero attached hydrogens (tertiary/aromatic N) is 1. The van der Waals surface area contributed by atoms with Crippen LogP contribution in [0.15, 0.2) is 0 Å². The zero-order valence-electron chi connectivity index (χ0n) is 10.2. The van der Waals surface area contributed by atoms with Crippen LogP contribution in [0.25, 0.3) is 0 Å². The molecular formula is C11H23N3O2. The van der Waals surface area contributed by atoms with Gasteiger partial charge in [0.2, 0.25) is 5.91 Å². The number of likely N-dealkylation sites (tertiary alicyclic amines) is 1. The van der Waals surface area contributed by atoms with E-state index >= 15 is 0 Å². The zero-order valence-corrected chi connectivity index (χ0v) is 10.2. The highest BCUT2D eigenvalue weighted by Crippen LogP contribution is 2.14. The highest BCUT2D eigenvalue weighted by atomic mass is 16.5. The van der Waals surface area contributed by atoms with Crippen LogP contribution in [0.2, 0.25) is 0 Å². The first kappa shape index (κ1) is 13.4. The first-order chi connectivity index (χ1) is 7.45. The molecule has 0 spiro atoms. The highest BCUT2D eigenvalue weighted by molar-refractivity contribution is 5.83. The molecular weight excluding hydrogens is 206 g/mol. The van der Waals surface area contributed by atoms with Crippen molar-refractivity contribution in [2.24, 2.45) is 11.5 Å². The molecule has 1 amide bonds. The minimum atomic E-state index is -0.891. The molecule has 1 aliphatic rings. The summed E-state index contributed by atoms with van der Waals surface area (Å²) in [7, 11) is 1.75. The van der Waals surface area contributed by atoms with Crippen molar-refractivity contribution in [3.05, 3.63) is 0 Å². The predicted octanol–water partition coefficient (Wildman–Crippen LogP) is -0.310. The lowest BCUT2D eigenvalue weighted by Crippen LogP contribution is -2.51. The van der Waals surface area contributed by atoms with Crippen LogP contribution in [-0.2, 0) is 9.53 Å². The second-order valence-corrected chi connectivity index (χ2v) is 4.81. The lowest BCUT2D eigenvalue weighted by atomic mass is 9.97. The lowest BCUT2D eigenvalue weighted by Gasteiger charge is -2.33. The summed E-state index contributed by atoms with van der Waals surface area (Å²) in [5, 5.41) is 0. The molecule has 94 valence electrons. The van der Waals surface area contributed by atoms with E-state index in [4.69, 9.17) is 16.2 Å². The van der Waals surface area contributed by atoms with Crippen molar-refractivity contribution in [2.75, 3.05) is 26.7 Å². The van der Waals surface area contributed by atoms with Crippen LogP contribution in [0.1, 0.15) is 26.2 Å². The van der Waals surface area contributed by atoms with E-state index in [1.54, 1.807) is 14.0 Å². The van der Waals surface area contributed by atoms with Crippen LogP contribution in [-0.4, -0.2) is 49.2 Å². The maximum Gasteiger partial charge on any atom is 0.237 e. The minimum Gasteiger partial charge on any atom is -0.381 e. The average molecular weight is 229 g/mol. The van der Waals surface area contributed by atoms with Gasteiger partial charge >= 0.3 is 0 Å². The third-order valence-corrected chi connectivity index (χ3v) is 3.38. The van der Waals surface area contributed by atoms with Crippen molar-refractivity contribution < 1.29 is 9.53 Å². The molecule has 1 atom stereocenters. The maximum atomic E-state index is 11.1. The molecule has 1 unspecified atom stereocenters. The molecule has 4 N–H and O–H groups in total. The quantitative estimate of drug-likeness (QED) is 0.677. The molecule has 0 aromatic heterocycles. The number of nitrogens with two attached hydrogens (primary N) is 2. The Balaban J connectivity index is 2.27. The summed E-state index contributed by atoms with van der Waals surface area (Å²) in [6.45, 7) is 4.53. The van der Waals surface area contributed by atoms with E-state index < -0.39 is 11.4 Å². The SMILES string of the molecule is COC1CCN(CCC(C)(N)C(N)=O)CC1. The Hall–Kier alpha value is -0.650. The molecule has 5 heteroatoms. The number of carbonyl (C=O) groups excluding carboxylic acids is 1. The van der Waals surface area contributed by atoms with Crippen LogP contribution in [0.4, 0.5) is 0 Å². The number of primary amides is 1. The molecule has 16 heavy (non-hydrogen) atoms. The van der Waals surface area contributed by atoms with Gasteiger partial charge in [0.1, 0.15) is 0 Å². The van der Waals surface area contributed by atoms with E-state index in [1.807, 2.05) is 0 Å². The van der Waals surface area contributed by atoms with Crippen molar-refractivity contribution >= 4 is 5.91 Å². The predicted molar refractivity (Wildman–Crippen MR) is 62.9 cm³/mol. The van der Waals surface area contributed by atoms with Crippen molar-refractivity contribution in [1.29, 1.82) is 0 Å². The second-order valence-electron chi connectivity index (χ2n) is 4.81. The van der Waals surface area contributed by atoms with Crippen LogP contribution in [0.5, 0.6) is 0 Å². The molecule has 1 fully saturated rings. The molecule has 0 aromatic carbocycles. The van der Waals surface area contributed by atoms with Gasteiger partial charge < -0.3 is 21.1 Å². The number of rotatable bonds is 5. The van der Waals surface area contributed by atoms with E-state index in [0.717, 1.165) is 32.5 Å². The third-order valence-electron chi connectivity index (χ3n) is 3.38. The van der Waals surface area contributed by atoms with Crippen LogP contribution < -0.4 is 11.5 Å². The number of hydrogen-bond acceptors (Lipinski definition) is 4. The van der Waals surface area contributed by atoms with Crippen molar-refractivity contribution in [1.82, 2.24) is 4.90 Å². The van der Waals surface area contributed by atoms with Crippen LogP contribution >= 0.6 is 0 Å². The maximum absolute atomic E-state index is 11.1. The fraction of sp³-hybridized carbons (Fsp3) is 0.909. The number of carbonyl (C=O) groups is 1. The monoisotopic (exact) mass is 229 g/mol. The van der Waals surface area contributed by atoms with Gasteiger partial charge in [-0.2, -0.15) is 0 Å². The number of amides is 1. The molecule has 0 saturated carbocycles. The molecule has 0 radical (unpaired) electrons. The Morgan fingerprint density at radius 3 is 2.50 bits per heavy atom. The van der Waals surface area contributed by atoms with Gasteiger partial charge in [0, 0.05) is 26.7 Å². The Bertz CT molecular complexity index is 235. The highest BCUT2D eigenvalue weighted by Gasteiger charge is 2.27. The van der Waals surface area contributed by atoms with E-state index in [1.165, 1.54) is 0 Å². The number of methoxy groups -OCH3 is 1. The minimum absolute atomic E-state index is 0.386. The molecule has 0 aromatic rings. The van der Waals surface area contributed by atoms with Gasteiger partial charge in [0.05, 0.1) is 11.6 Å². The lowest BCUT2D eigenvalue weighted by molar-refractivity contribution is -0.122. The van der Waals surface area contributed by atoms with Gasteiger partial charge in [-0.3, -0.25) is 4.79 Å². The molecule has 0 bridgehead atoms. The molecule has 0 aliphatic carbocycles. The fourth-order valence-electron chi connectivity index (χ4n) is 1.88. The smallest absolute Gasteiger partial charge is 0.237 e. The summed E-state index contributed by atoms with van der Waals surface area (Å²) in [6, 6.07) is 0. The van der Waals surface area contributed by atoms with Gasteiger partial charge in [0.15, 0.2) is 0 Å². The average Bonchev–Trinajstić information content (AvgIpc) is 2.27. The first-order valence-electron chi connectivity index (χ1n) is 5.79. The van der Waals surface area contributed by atoms with Crippen molar-refractivity contribution in [3.8, 4) is 0 Å². The summed E-state index contributed by atoms with van der Waals surface area (Å²) in [5.74, 6) is -0.431. The van der Waals surface area contributed by atoms with E-state index in [0.29, 0.717) is 12.5 Å². The molecule has 1 aliphatic heterocycles. The van der Waals surface area contributed by atoms with Crippen LogP contribution in [0, 0.1) is 0 Å². The number of ether oxygens (including phenoxy) is 1. The molecule has 1 saturated heterocycles. The van der Waals surface area contributed by atoms with Gasteiger partial charge in [-0.25, -0.2) is 0 Å². The van der Waals surface area contributed by atoms with Crippen LogP contribution in [0.3, 0.4) is 0 Å². The summed E-state index contributed by atoms with van der Waals surface area (Å²) in [6.07, 6.45) is 3.10. The topological polar surface area (TPSA) is 81.6 Å². The Morgan fingerprint density at radius 2 is 2.06 bits per heavy atom. The number of hydrogen-bond donors (Lipinski definition) is 2. The summed E-state index contributed by atoms with van der Waals surface area (Å²) in [4.78, 5) is 13.4. The van der Waals surface area contributed by atoms with Gasteiger partial charge in [0.25, 0.3) is 0 Å². The Morgan fingerprint density at radius 1 is 1.50 bits per heavy atom. The Kier molecular flexibility index (Phi) is 4.70. The summed E-state index contributed by atoms with van der Waals surface area (Å²) in [5.41, 5.74) is 10.1. The van der Waals surface area contributed by atoms with Gasteiger partial charge in [-0.05, 0) is 26.2 Å². The summed E-state index contributed by atoms with van der Waals surface area (Å²) < 4.78 is 5.30.